The summed E-state index contributed by atoms with van der Waals surface area (Å²) in [6, 6.07) is 7.32. The molecule has 1 fully saturated rings. The van der Waals surface area contributed by atoms with Gasteiger partial charge in [0.2, 0.25) is 0 Å². The van der Waals surface area contributed by atoms with E-state index in [9.17, 15) is 9.50 Å². The third-order valence-corrected chi connectivity index (χ3v) is 5.16. The Bertz CT molecular complexity index is 717. The largest absolute Gasteiger partial charge is 0.382 e. The molecular weight excluding hydrogens is 319 g/mol. The molecule has 1 aromatic heterocycles. The summed E-state index contributed by atoms with van der Waals surface area (Å²) >= 11 is 0. The van der Waals surface area contributed by atoms with Gasteiger partial charge in [0.15, 0.2) is 0 Å². The van der Waals surface area contributed by atoms with Crippen LogP contribution in [0, 0.1) is 5.82 Å². The molecule has 0 bridgehead atoms. The highest BCUT2D eigenvalue weighted by atomic mass is 19.1. The van der Waals surface area contributed by atoms with Gasteiger partial charge in [0.05, 0.1) is 6.20 Å². The molecule has 2 heterocycles. The SMILES string of the molecule is CC(CCc1cccc(F)c1)N1CCC(O)(c2cn(C(C)C)nn2)C1. The first-order valence-electron chi connectivity index (χ1n) is 9.00. The maximum Gasteiger partial charge on any atom is 0.124 e. The smallest absolute Gasteiger partial charge is 0.124 e. The summed E-state index contributed by atoms with van der Waals surface area (Å²) in [5, 5.41) is 19.3. The second kappa shape index (κ2) is 7.22. The number of hydrogen-bond acceptors (Lipinski definition) is 4. The normalized spacial score (nSPS) is 22.6. The number of rotatable bonds is 6. The zero-order valence-electron chi connectivity index (χ0n) is 15.2. The third-order valence-electron chi connectivity index (χ3n) is 5.16. The van der Waals surface area contributed by atoms with Crippen LogP contribution in [0.5, 0.6) is 0 Å². The van der Waals surface area contributed by atoms with Crippen molar-refractivity contribution in [1.29, 1.82) is 0 Å². The number of likely N-dealkylation sites (tertiary alicyclic amines) is 1. The molecular formula is C19H27FN4O. The van der Waals surface area contributed by atoms with Crippen molar-refractivity contribution in [3.8, 4) is 0 Å². The molecule has 0 aliphatic carbocycles. The molecule has 136 valence electrons. The van der Waals surface area contributed by atoms with Gasteiger partial charge in [-0.25, -0.2) is 9.07 Å². The Labute approximate surface area is 148 Å². The highest BCUT2D eigenvalue weighted by molar-refractivity contribution is 5.17. The quantitative estimate of drug-likeness (QED) is 0.874. The lowest BCUT2D eigenvalue weighted by Gasteiger charge is -2.26. The molecule has 2 aromatic rings. The first kappa shape index (κ1) is 18.0. The molecule has 6 heteroatoms. The summed E-state index contributed by atoms with van der Waals surface area (Å²) in [5.74, 6) is -0.186. The summed E-state index contributed by atoms with van der Waals surface area (Å²) in [5.41, 5.74) is 0.738. The maximum absolute atomic E-state index is 13.3. The number of β-amino-alcohol motifs (C(OH)–C–C–N with tert-alkyl or cyclic N) is 1. The Morgan fingerprint density at radius 2 is 2.12 bits per heavy atom. The van der Waals surface area contributed by atoms with E-state index in [1.54, 1.807) is 16.8 Å². The van der Waals surface area contributed by atoms with Gasteiger partial charge in [0.1, 0.15) is 17.1 Å². The van der Waals surface area contributed by atoms with Gasteiger partial charge < -0.3 is 5.11 Å². The predicted molar refractivity (Wildman–Crippen MR) is 94.7 cm³/mol. The van der Waals surface area contributed by atoms with Crippen LogP contribution < -0.4 is 0 Å². The Kier molecular flexibility index (Phi) is 5.20. The van der Waals surface area contributed by atoms with Crippen molar-refractivity contribution in [2.75, 3.05) is 13.1 Å². The summed E-state index contributed by atoms with van der Waals surface area (Å²) in [4.78, 5) is 2.29. The van der Waals surface area contributed by atoms with Crippen molar-refractivity contribution in [1.82, 2.24) is 19.9 Å². The Morgan fingerprint density at radius 3 is 2.80 bits per heavy atom. The molecule has 1 aliphatic heterocycles. The average Bonchev–Trinajstić information content (AvgIpc) is 3.21. The van der Waals surface area contributed by atoms with Gasteiger partial charge in [0, 0.05) is 25.2 Å². The molecule has 25 heavy (non-hydrogen) atoms. The maximum atomic E-state index is 13.3. The van der Waals surface area contributed by atoms with Crippen LogP contribution in [0.4, 0.5) is 4.39 Å². The number of aromatic nitrogens is 3. The predicted octanol–water partition coefficient (Wildman–Crippen LogP) is 2.91. The zero-order chi connectivity index (χ0) is 18.0. The fraction of sp³-hybridized carbons (Fsp3) is 0.579. The van der Waals surface area contributed by atoms with Gasteiger partial charge in [-0.2, -0.15) is 0 Å². The van der Waals surface area contributed by atoms with Crippen molar-refractivity contribution in [3.05, 3.63) is 47.5 Å². The number of halogens is 1. The number of benzene rings is 1. The van der Waals surface area contributed by atoms with E-state index in [4.69, 9.17) is 0 Å². The minimum atomic E-state index is -0.930. The van der Waals surface area contributed by atoms with Crippen molar-refractivity contribution >= 4 is 0 Å². The van der Waals surface area contributed by atoms with Gasteiger partial charge in [0.25, 0.3) is 0 Å². The third kappa shape index (κ3) is 4.07. The van der Waals surface area contributed by atoms with Gasteiger partial charge in [-0.3, -0.25) is 4.90 Å². The van der Waals surface area contributed by atoms with Crippen LogP contribution in [0.1, 0.15) is 50.9 Å². The van der Waals surface area contributed by atoms with Gasteiger partial charge in [-0.15, -0.1) is 5.10 Å². The average molecular weight is 346 g/mol. The summed E-state index contributed by atoms with van der Waals surface area (Å²) in [6.45, 7) is 7.63. The van der Waals surface area contributed by atoms with Crippen LogP contribution in [0.25, 0.3) is 0 Å². The second-order valence-electron chi connectivity index (χ2n) is 7.45. The molecule has 1 aromatic carbocycles. The van der Waals surface area contributed by atoms with Crippen LogP contribution in [0.2, 0.25) is 0 Å². The van der Waals surface area contributed by atoms with E-state index in [0.29, 0.717) is 24.7 Å². The standard InChI is InChI=1S/C19H27FN4O/c1-14(2)24-12-18(21-22-24)19(25)9-10-23(13-19)15(3)7-8-16-5-4-6-17(20)11-16/h4-6,11-12,14-15,25H,7-10,13H2,1-3H3. The number of hydrogen-bond donors (Lipinski definition) is 1. The Balaban J connectivity index is 1.59. The Hall–Kier alpha value is -1.79. The topological polar surface area (TPSA) is 54.2 Å². The highest BCUT2D eigenvalue weighted by Crippen LogP contribution is 2.32. The van der Waals surface area contributed by atoms with Crippen molar-refractivity contribution < 1.29 is 9.50 Å². The minimum absolute atomic E-state index is 0.186. The Morgan fingerprint density at radius 1 is 1.32 bits per heavy atom. The summed E-state index contributed by atoms with van der Waals surface area (Å²) < 4.78 is 15.1. The van der Waals surface area contributed by atoms with E-state index in [0.717, 1.165) is 24.9 Å². The number of nitrogens with zero attached hydrogens (tertiary/aromatic N) is 4. The monoisotopic (exact) mass is 346 g/mol. The molecule has 2 atom stereocenters. The van der Waals surface area contributed by atoms with Gasteiger partial charge >= 0.3 is 0 Å². The molecule has 0 saturated carbocycles. The van der Waals surface area contributed by atoms with E-state index in [1.807, 2.05) is 26.1 Å². The van der Waals surface area contributed by atoms with Crippen LogP contribution in [0.15, 0.2) is 30.5 Å². The number of aryl methyl sites for hydroxylation is 1. The lowest BCUT2D eigenvalue weighted by molar-refractivity contribution is 0.0366. The van der Waals surface area contributed by atoms with E-state index < -0.39 is 5.60 Å². The van der Waals surface area contributed by atoms with Crippen molar-refractivity contribution in [2.45, 2.75) is 57.7 Å². The first-order valence-corrected chi connectivity index (χ1v) is 9.00. The van der Waals surface area contributed by atoms with Gasteiger partial charge in [-0.1, -0.05) is 17.3 Å². The number of aliphatic hydroxyl groups is 1. The molecule has 1 aliphatic rings. The minimum Gasteiger partial charge on any atom is -0.382 e. The van der Waals surface area contributed by atoms with E-state index >= 15 is 0 Å². The van der Waals surface area contributed by atoms with E-state index in [1.165, 1.54) is 6.07 Å². The summed E-state index contributed by atoms with van der Waals surface area (Å²) in [6.07, 6.45) is 4.27. The van der Waals surface area contributed by atoms with E-state index in [-0.39, 0.29) is 11.9 Å². The molecule has 3 rings (SSSR count). The molecule has 1 saturated heterocycles. The van der Waals surface area contributed by atoms with Gasteiger partial charge in [-0.05, 0) is 57.7 Å². The second-order valence-corrected chi connectivity index (χ2v) is 7.45. The van der Waals surface area contributed by atoms with E-state index in [2.05, 4.69) is 22.1 Å². The van der Waals surface area contributed by atoms with Crippen LogP contribution in [-0.4, -0.2) is 44.1 Å². The van der Waals surface area contributed by atoms with Crippen LogP contribution >= 0.6 is 0 Å². The fourth-order valence-corrected chi connectivity index (χ4v) is 3.40. The van der Waals surface area contributed by atoms with Crippen molar-refractivity contribution in [3.63, 3.8) is 0 Å². The highest BCUT2D eigenvalue weighted by Gasteiger charge is 2.41. The molecule has 5 nitrogen and oxygen atoms in total. The first-order chi connectivity index (χ1) is 11.9. The van der Waals surface area contributed by atoms with Crippen LogP contribution in [-0.2, 0) is 12.0 Å². The summed E-state index contributed by atoms with van der Waals surface area (Å²) in [7, 11) is 0. The molecule has 2 unspecified atom stereocenters. The lowest BCUT2D eigenvalue weighted by Crippen LogP contribution is -2.36. The molecule has 0 spiro atoms. The molecule has 0 amide bonds. The molecule has 1 N–H and O–H groups in total. The van der Waals surface area contributed by atoms with Crippen LogP contribution in [0.3, 0.4) is 0 Å². The molecule has 0 radical (unpaired) electrons. The zero-order valence-corrected chi connectivity index (χ0v) is 15.2. The lowest BCUT2D eigenvalue weighted by atomic mass is 9.99. The van der Waals surface area contributed by atoms with Crippen molar-refractivity contribution in [2.24, 2.45) is 0 Å². The fourth-order valence-electron chi connectivity index (χ4n) is 3.40.